The lowest BCUT2D eigenvalue weighted by Crippen LogP contribution is -2.65. The van der Waals surface area contributed by atoms with E-state index in [9.17, 15) is 19.8 Å². The molecule has 1 heterocycles. The van der Waals surface area contributed by atoms with Gasteiger partial charge in [-0.25, -0.2) is 0 Å². The number of aliphatic hydroxyl groups is 2. The average Bonchev–Trinajstić information content (AvgIpc) is 2.56. The van der Waals surface area contributed by atoms with E-state index in [0.717, 1.165) is 0 Å². The van der Waals surface area contributed by atoms with Gasteiger partial charge in [-0.15, -0.1) is 0 Å². The van der Waals surface area contributed by atoms with Crippen LogP contribution in [0.5, 0.6) is 0 Å². The molecule has 0 radical (unpaired) electrons. The van der Waals surface area contributed by atoms with Gasteiger partial charge < -0.3 is 47.5 Å². The Hall–Kier alpha value is -1.34. The van der Waals surface area contributed by atoms with Crippen LogP contribution in [0.3, 0.4) is 0 Å². The Morgan fingerprint density at radius 3 is 2.50 bits per heavy atom. The van der Waals surface area contributed by atoms with Crippen molar-refractivity contribution < 1.29 is 29.3 Å². The lowest BCUT2D eigenvalue weighted by atomic mass is 9.96. The lowest BCUT2D eigenvalue weighted by molar-refractivity contribution is -0.261. The maximum atomic E-state index is 11.5. The molecular formula is C13H27N5O6. The summed E-state index contributed by atoms with van der Waals surface area (Å²) in [6.07, 6.45) is -4.47. The molecule has 1 aliphatic rings. The number of nitrogens with two attached hydrogens (primary N) is 3. The number of amides is 2. The highest BCUT2D eigenvalue weighted by atomic mass is 16.7. The summed E-state index contributed by atoms with van der Waals surface area (Å²) in [6.45, 7) is 1.68. The van der Waals surface area contributed by atoms with Gasteiger partial charge in [0.2, 0.25) is 11.8 Å². The Balaban J connectivity index is 2.63. The van der Waals surface area contributed by atoms with Gasteiger partial charge in [-0.05, 0) is 6.92 Å². The molecule has 0 spiro atoms. The van der Waals surface area contributed by atoms with Crippen LogP contribution in [0.1, 0.15) is 6.92 Å². The first-order valence-corrected chi connectivity index (χ1v) is 7.67. The SMILES string of the molecule is C[C@H](NCCO[C@H]1O[C@H](CN)[C@@H](O)[C@H](O)[C@H]1NC(=O)CN)C(N)=O. The van der Waals surface area contributed by atoms with Gasteiger partial charge in [0, 0.05) is 13.1 Å². The van der Waals surface area contributed by atoms with Crippen LogP contribution in [0.4, 0.5) is 0 Å². The van der Waals surface area contributed by atoms with Crippen LogP contribution < -0.4 is 27.8 Å². The summed E-state index contributed by atoms with van der Waals surface area (Å²) >= 11 is 0. The predicted octanol–water partition coefficient (Wildman–Crippen LogP) is -4.68. The summed E-state index contributed by atoms with van der Waals surface area (Å²) < 4.78 is 11.0. The quantitative estimate of drug-likeness (QED) is 0.200. The summed E-state index contributed by atoms with van der Waals surface area (Å²) in [5.74, 6) is -1.03. The molecule has 1 saturated heterocycles. The lowest BCUT2D eigenvalue weighted by Gasteiger charge is -2.42. The minimum atomic E-state index is -1.33. The fourth-order valence-corrected chi connectivity index (χ4v) is 2.22. The number of rotatable bonds is 9. The molecule has 1 fully saturated rings. The number of primary amides is 1. The molecule has 24 heavy (non-hydrogen) atoms. The fourth-order valence-electron chi connectivity index (χ4n) is 2.22. The monoisotopic (exact) mass is 349 g/mol. The molecule has 0 aromatic rings. The number of hydrogen-bond acceptors (Lipinski definition) is 9. The van der Waals surface area contributed by atoms with E-state index in [2.05, 4.69) is 10.6 Å². The summed E-state index contributed by atoms with van der Waals surface area (Å²) in [5, 5.41) is 25.4. The molecule has 11 heteroatoms. The zero-order valence-corrected chi connectivity index (χ0v) is 13.6. The maximum Gasteiger partial charge on any atom is 0.234 e. The van der Waals surface area contributed by atoms with E-state index in [1.54, 1.807) is 6.92 Å². The van der Waals surface area contributed by atoms with E-state index in [1.165, 1.54) is 0 Å². The van der Waals surface area contributed by atoms with Crippen LogP contribution in [0.25, 0.3) is 0 Å². The smallest absolute Gasteiger partial charge is 0.234 e. The largest absolute Gasteiger partial charge is 0.388 e. The predicted molar refractivity (Wildman–Crippen MR) is 83.3 cm³/mol. The summed E-state index contributed by atoms with van der Waals surface area (Å²) in [5.41, 5.74) is 15.9. The summed E-state index contributed by atoms with van der Waals surface area (Å²) in [4.78, 5) is 22.4. The Bertz CT molecular complexity index is 426. The fraction of sp³-hybridized carbons (Fsp3) is 0.846. The van der Waals surface area contributed by atoms with Gasteiger partial charge >= 0.3 is 0 Å². The highest BCUT2D eigenvalue weighted by Gasteiger charge is 2.45. The molecule has 0 unspecified atom stereocenters. The van der Waals surface area contributed by atoms with Crippen LogP contribution in [0.2, 0.25) is 0 Å². The second-order valence-corrected chi connectivity index (χ2v) is 5.51. The van der Waals surface area contributed by atoms with Crippen LogP contribution in [-0.2, 0) is 19.1 Å². The van der Waals surface area contributed by atoms with E-state index < -0.39 is 48.5 Å². The molecule has 11 nitrogen and oxygen atoms in total. The number of nitrogens with one attached hydrogen (secondary N) is 2. The summed E-state index contributed by atoms with van der Waals surface area (Å²) in [6, 6.07) is -1.54. The topological polar surface area (TPSA) is 195 Å². The van der Waals surface area contributed by atoms with Crippen molar-refractivity contribution in [1.29, 1.82) is 0 Å². The van der Waals surface area contributed by atoms with E-state index in [1.807, 2.05) is 0 Å². The Morgan fingerprint density at radius 1 is 1.29 bits per heavy atom. The highest BCUT2D eigenvalue weighted by Crippen LogP contribution is 2.21. The van der Waals surface area contributed by atoms with Gasteiger partial charge in [0.15, 0.2) is 6.29 Å². The standard InChI is InChI=1S/C13H27N5O6/c1-6(12(16)22)17-2-3-23-13-9(18-8(19)5-15)11(21)10(20)7(4-14)24-13/h6-7,9-11,13,17,20-21H,2-5,14-15H2,1H3,(H2,16,22)(H,18,19)/t6-,7+,9+,10+,11+,13-/m0/s1. The van der Waals surface area contributed by atoms with Gasteiger partial charge in [-0.3, -0.25) is 9.59 Å². The Labute approximate surface area is 139 Å². The van der Waals surface area contributed by atoms with Crippen LogP contribution >= 0.6 is 0 Å². The molecule has 6 atom stereocenters. The van der Waals surface area contributed by atoms with E-state index in [-0.39, 0.29) is 26.2 Å². The normalized spacial score (nSPS) is 31.5. The van der Waals surface area contributed by atoms with Crippen molar-refractivity contribution in [3.8, 4) is 0 Å². The number of ether oxygens (including phenoxy) is 2. The zero-order chi connectivity index (χ0) is 18.3. The third kappa shape index (κ3) is 5.63. The maximum absolute atomic E-state index is 11.5. The molecule has 0 bridgehead atoms. The van der Waals surface area contributed by atoms with Crippen molar-refractivity contribution in [3.05, 3.63) is 0 Å². The van der Waals surface area contributed by atoms with E-state index in [0.29, 0.717) is 0 Å². The van der Waals surface area contributed by atoms with Crippen molar-refractivity contribution in [3.63, 3.8) is 0 Å². The molecule has 2 amide bonds. The molecular weight excluding hydrogens is 322 g/mol. The van der Waals surface area contributed by atoms with Gasteiger partial charge in [0.05, 0.1) is 19.2 Å². The van der Waals surface area contributed by atoms with Crippen molar-refractivity contribution in [2.75, 3.05) is 26.2 Å². The molecule has 0 aliphatic carbocycles. The molecule has 1 rings (SSSR count). The number of carbonyl (C=O) groups excluding carboxylic acids is 2. The zero-order valence-electron chi connectivity index (χ0n) is 13.6. The van der Waals surface area contributed by atoms with Crippen LogP contribution in [-0.4, -0.2) is 85.0 Å². The third-order valence-corrected chi connectivity index (χ3v) is 3.71. The molecule has 140 valence electrons. The van der Waals surface area contributed by atoms with E-state index in [4.69, 9.17) is 26.7 Å². The van der Waals surface area contributed by atoms with Gasteiger partial charge in [0.1, 0.15) is 24.4 Å². The number of hydrogen-bond donors (Lipinski definition) is 7. The molecule has 0 aromatic heterocycles. The van der Waals surface area contributed by atoms with Crippen LogP contribution in [0, 0.1) is 0 Å². The second-order valence-electron chi connectivity index (χ2n) is 5.51. The van der Waals surface area contributed by atoms with Gasteiger partial charge in [-0.2, -0.15) is 0 Å². The Morgan fingerprint density at radius 2 is 1.96 bits per heavy atom. The average molecular weight is 349 g/mol. The molecule has 1 aliphatic heterocycles. The minimum Gasteiger partial charge on any atom is -0.388 e. The van der Waals surface area contributed by atoms with Gasteiger partial charge in [-0.1, -0.05) is 0 Å². The first-order valence-electron chi connectivity index (χ1n) is 7.67. The summed E-state index contributed by atoms with van der Waals surface area (Å²) in [7, 11) is 0. The first-order chi connectivity index (χ1) is 11.3. The van der Waals surface area contributed by atoms with Crippen molar-refractivity contribution in [2.24, 2.45) is 17.2 Å². The minimum absolute atomic E-state index is 0.0351. The molecule has 0 aromatic carbocycles. The third-order valence-electron chi connectivity index (χ3n) is 3.71. The molecule has 10 N–H and O–H groups in total. The molecule has 0 saturated carbocycles. The van der Waals surface area contributed by atoms with E-state index >= 15 is 0 Å². The number of aliphatic hydroxyl groups excluding tert-OH is 2. The van der Waals surface area contributed by atoms with Crippen molar-refractivity contribution >= 4 is 11.8 Å². The van der Waals surface area contributed by atoms with Gasteiger partial charge in [0.25, 0.3) is 0 Å². The van der Waals surface area contributed by atoms with Crippen molar-refractivity contribution in [2.45, 2.75) is 43.6 Å². The Kier molecular flexibility index (Phi) is 8.48. The number of carbonyl (C=O) groups is 2. The second kappa shape index (κ2) is 9.84. The first kappa shape index (κ1) is 20.7. The van der Waals surface area contributed by atoms with Crippen molar-refractivity contribution in [1.82, 2.24) is 10.6 Å². The van der Waals surface area contributed by atoms with Crippen LogP contribution in [0.15, 0.2) is 0 Å². The highest BCUT2D eigenvalue weighted by molar-refractivity contribution is 5.79.